The number of benzene rings is 2. The van der Waals surface area contributed by atoms with Gasteiger partial charge >= 0.3 is 5.97 Å². The largest absolute Gasteiger partial charge is 0.493 e. The molecule has 26 heavy (non-hydrogen) atoms. The summed E-state index contributed by atoms with van der Waals surface area (Å²) in [4.78, 5) is 24.1. The lowest BCUT2D eigenvalue weighted by Gasteiger charge is -2.10. The van der Waals surface area contributed by atoms with Gasteiger partial charge < -0.3 is 9.47 Å². The zero-order valence-electron chi connectivity index (χ0n) is 14.6. The molecule has 0 N–H and O–H groups in total. The van der Waals surface area contributed by atoms with Crippen LogP contribution in [0.1, 0.15) is 19.8 Å². The number of unbranched alkanes of at least 4 members (excludes halogenated alkanes) is 1. The van der Waals surface area contributed by atoms with E-state index in [9.17, 15) is 9.59 Å². The van der Waals surface area contributed by atoms with E-state index in [0.717, 1.165) is 15.8 Å². The number of carbonyl (C=O) groups is 1. The molecule has 0 atom stereocenters. The van der Waals surface area contributed by atoms with E-state index in [0.29, 0.717) is 41.7 Å². The first-order chi connectivity index (χ1) is 12.6. The summed E-state index contributed by atoms with van der Waals surface area (Å²) in [5, 5.41) is 1.35. The van der Waals surface area contributed by atoms with Gasteiger partial charge in [-0.15, -0.1) is 11.3 Å². The molecule has 3 aromatic rings. The third-order valence-electron chi connectivity index (χ3n) is 3.94. The third-order valence-corrected chi connectivity index (χ3v) is 5.08. The zero-order chi connectivity index (χ0) is 18.5. The van der Waals surface area contributed by atoms with Crippen molar-refractivity contribution >= 4 is 37.5 Å². The van der Waals surface area contributed by atoms with E-state index >= 15 is 0 Å². The number of rotatable bonds is 7. The molecule has 1 aromatic heterocycles. The predicted octanol–water partition coefficient (Wildman–Crippen LogP) is 4.69. The monoisotopic (exact) mass is 368 g/mol. The molecule has 0 spiro atoms. The Bertz CT molecular complexity index is 1020. The molecule has 0 amide bonds. The molecule has 0 aliphatic rings. The number of hydrogen-bond donors (Lipinski definition) is 0. The Labute approximate surface area is 155 Å². The Balaban J connectivity index is 1.69. The summed E-state index contributed by atoms with van der Waals surface area (Å²) in [5.74, 6) is 0.234. The van der Waals surface area contributed by atoms with Gasteiger partial charge in [0.05, 0.1) is 18.6 Å². The molecule has 5 heteroatoms. The Morgan fingerprint density at radius 2 is 1.77 bits per heavy atom. The second kappa shape index (κ2) is 8.15. The van der Waals surface area contributed by atoms with Crippen molar-refractivity contribution in [2.45, 2.75) is 19.8 Å². The van der Waals surface area contributed by atoms with Gasteiger partial charge in [-0.2, -0.15) is 0 Å². The van der Waals surface area contributed by atoms with E-state index < -0.39 is 0 Å². The van der Waals surface area contributed by atoms with Gasteiger partial charge in [0, 0.05) is 20.4 Å². The minimum atomic E-state index is -0.371. The van der Waals surface area contributed by atoms with Gasteiger partial charge in [0.2, 0.25) is 0 Å². The fourth-order valence-electron chi connectivity index (χ4n) is 2.61. The lowest BCUT2D eigenvalue weighted by atomic mass is 10.1. The van der Waals surface area contributed by atoms with Crippen LogP contribution in [0.15, 0.2) is 59.4 Å². The van der Waals surface area contributed by atoms with Crippen LogP contribution < -0.4 is 10.2 Å². The number of esters is 1. The average molecular weight is 368 g/mol. The van der Waals surface area contributed by atoms with E-state index in [4.69, 9.17) is 9.47 Å². The van der Waals surface area contributed by atoms with Crippen LogP contribution in [-0.2, 0) is 9.53 Å². The maximum Gasteiger partial charge on any atom is 0.333 e. The average Bonchev–Trinajstić information content (AvgIpc) is 2.64. The molecule has 0 bridgehead atoms. The molecule has 3 rings (SSSR count). The highest BCUT2D eigenvalue weighted by atomic mass is 32.1. The van der Waals surface area contributed by atoms with Gasteiger partial charge in [-0.1, -0.05) is 24.8 Å². The second-order valence-corrected chi connectivity index (χ2v) is 7.11. The van der Waals surface area contributed by atoms with Crippen LogP contribution in [0.4, 0.5) is 0 Å². The van der Waals surface area contributed by atoms with Crippen LogP contribution in [-0.4, -0.2) is 19.2 Å². The number of ether oxygens (including phenoxy) is 2. The summed E-state index contributed by atoms with van der Waals surface area (Å²) >= 11 is 1.59. The first kappa shape index (κ1) is 18.1. The first-order valence-corrected chi connectivity index (χ1v) is 9.29. The van der Waals surface area contributed by atoms with Gasteiger partial charge in [-0.25, -0.2) is 4.79 Å². The van der Waals surface area contributed by atoms with Crippen molar-refractivity contribution in [1.29, 1.82) is 0 Å². The van der Waals surface area contributed by atoms with E-state index in [-0.39, 0.29) is 11.4 Å². The highest BCUT2D eigenvalue weighted by molar-refractivity contribution is 7.24. The van der Waals surface area contributed by atoms with Crippen molar-refractivity contribution in [3.63, 3.8) is 0 Å². The van der Waals surface area contributed by atoms with Gasteiger partial charge in [0.15, 0.2) is 5.43 Å². The third kappa shape index (κ3) is 3.94. The minimum Gasteiger partial charge on any atom is -0.493 e. The first-order valence-electron chi connectivity index (χ1n) is 8.48. The quantitative estimate of drug-likeness (QED) is 0.263. The van der Waals surface area contributed by atoms with Gasteiger partial charge in [0.1, 0.15) is 5.75 Å². The summed E-state index contributed by atoms with van der Waals surface area (Å²) in [7, 11) is 0. The summed E-state index contributed by atoms with van der Waals surface area (Å²) in [5.41, 5.74) is 0.397. The molecule has 0 fully saturated rings. The van der Waals surface area contributed by atoms with Crippen LogP contribution in [0, 0.1) is 0 Å². The zero-order valence-corrected chi connectivity index (χ0v) is 15.4. The Morgan fingerprint density at radius 3 is 2.58 bits per heavy atom. The molecule has 1 heterocycles. The van der Waals surface area contributed by atoms with E-state index in [2.05, 4.69) is 6.58 Å². The molecular weight excluding hydrogens is 348 g/mol. The lowest BCUT2D eigenvalue weighted by molar-refractivity contribution is -0.139. The highest BCUT2D eigenvalue weighted by Gasteiger charge is 2.10. The predicted molar refractivity (Wildman–Crippen MR) is 106 cm³/mol. The normalized spacial score (nSPS) is 10.8. The number of carbonyl (C=O) groups excluding carboxylic acids is 1. The van der Waals surface area contributed by atoms with Crippen LogP contribution in [0.5, 0.6) is 5.75 Å². The highest BCUT2D eigenvalue weighted by Crippen LogP contribution is 2.30. The van der Waals surface area contributed by atoms with Crippen LogP contribution >= 0.6 is 11.3 Å². The van der Waals surface area contributed by atoms with E-state index in [1.807, 2.05) is 42.5 Å². The SMILES string of the molecule is C=C(C)C(=O)OCCCCOc1cccc2sc3ccccc3c(=O)c12. The van der Waals surface area contributed by atoms with Gasteiger partial charge in [-0.3, -0.25) is 4.79 Å². The van der Waals surface area contributed by atoms with E-state index in [1.165, 1.54) is 0 Å². The van der Waals surface area contributed by atoms with Crippen molar-refractivity contribution in [2.24, 2.45) is 0 Å². The fourth-order valence-corrected chi connectivity index (χ4v) is 3.71. The molecule has 0 saturated carbocycles. The maximum absolute atomic E-state index is 12.8. The van der Waals surface area contributed by atoms with Crippen molar-refractivity contribution < 1.29 is 14.3 Å². The smallest absolute Gasteiger partial charge is 0.333 e. The summed E-state index contributed by atoms with van der Waals surface area (Å²) in [6.07, 6.45) is 1.42. The van der Waals surface area contributed by atoms with Crippen LogP contribution in [0.2, 0.25) is 0 Å². The molecule has 0 unspecified atom stereocenters. The molecule has 0 aliphatic carbocycles. The lowest BCUT2D eigenvalue weighted by Crippen LogP contribution is -2.08. The summed E-state index contributed by atoms with van der Waals surface area (Å²) < 4.78 is 12.8. The minimum absolute atomic E-state index is 0.000313. The molecule has 2 aromatic carbocycles. The topological polar surface area (TPSA) is 52.6 Å². The van der Waals surface area contributed by atoms with Crippen molar-refractivity contribution in [3.8, 4) is 5.75 Å². The van der Waals surface area contributed by atoms with Crippen LogP contribution in [0.25, 0.3) is 20.2 Å². The summed E-state index contributed by atoms with van der Waals surface area (Å²) in [6.45, 7) is 5.96. The standard InChI is InChI=1S/C21H20O4S/c1-14(2)21(23)25-13-6-5-12-24-16-9-7-11-18-19(16)20(22)15-8-3-4-10-17(15)26-18/h3-4,7-11H,1,5-6,12-13H2,2H3. The molecule has 0 aliphatic heterocycles. The molecule has 0 radical (unpaired) electrons. The van der Waals surface area contributed by atoms with Gasteiger partial charge in [0.25, 0.3) is 0 Å². The molecule has 0 saturated heterocycles. The van der Waals surface area contributed by atoms with E-state index in [1.54, 1.807) is 18.3 Å². The fraction of sp³-hybridized carbons (Fsp3) is 0.238. The van der Waals surface area contributed by atoms with Crippen molar-refractivity contribution in [3.05, 3.63) is 64.8 Å². The molecule has 4 nitrogen and oxygen atoms in total. The van der Waals surface area contributed by atoms with Crippen LogP contribution in [0.3, 0.4) is 0 Å². The summed E-state index contributed by atoms with van der Waals surface area (Å²) in [6, 6.07) is 13.3. The Hall–Kier alpha value is -2.66. The van der Waals surface area contributed by atoms with Crippen molar-refractivity contribution in [2.75, 3.05) is 13.2 Å². The molecular formula is C21H20O4S. The van der Waals surface area contributed by atoms with Crippen molar-refractivity contribution in [1.82, 2.24) is 0 Å². The number of fused-ring (bicyclic) bond motifs is 2. The molecule has 134 valence electrons. The number of hydrogen-bond acceptors (Lipinski definition) is 5. The van der Waals surface area contributed by atoms with Gasteiger partial charge in [-0.05, 0) is 44.0 Å². The second-order valence-electron chi connectivity index (χ2n) is 6.03. The maximum atomic E-state index is 12.8. The Kier molecular flexibility index (Phi) is 5.68. The Morgan fingerprint density at radius 1 is 1.04 bits per heavy atom.